The summed E-state index contributed by atoms with van der Waals surface area (Å²) in [6.45, 7) is 0.642. The second kappa shape index (κ2) is 4.47. The molecule has 2 aromatic rings. The van der Waals surface area contributed by atoms with Crippen LogP contribution in [0.3, 0.4) is 0 Å². The molecule has 4 heteroatoms. The van der Waals surface area contributed by atoms with Crippen molar-refractivity contribution >= 4 is 11.6 Å². The highest BCUT2D eigenvalue weighted by molar-refractivity contribution is 6.28. The Morgan fingerprint density at radius 1 is 1.33 bits per heavy atom. The zero-order valence-electron chi connectivity index (χ0n) is 8.18. The molecule has 1 aromatic heterocycles. The number of hydrogen-bond acceptors (Lipinski definition) is 2. The SMILES string of the molecule is NC(Cn1ccnc1Cl)c1ccccc1. The van der Waals surface area contributed by atoms with Crippen LogP contribution in [0.15, 0.2) is 42.7 Å². The summed E-state index contributed by atoms with van der Waals surface area (Å²) in [5.41, 5.74) is 7.15. The van der Waals surface area contributed by atoms with Crippen LogP contribution in [0.4, 0.5) is 0 Å². The van der Waals surface area contributed by atoms with Gasteiger partial charge >= 0.3 is 0 Å². The summed E-state index contributed by atoms with van der Waals surface area (Å²) in [6, 6.07) is 9.89. The van der Waals surface area contributed by atoms with Crippen LogP contribution in [0.1, 0.15) is 11.6 Å². The summed E-state index contributed by atoms with van der Waals surface area (Å²) in [7, 11) is 0. The third kappa shape index (κ3) is 2.37. The third-order valence-corrected chi connectivity index (χ3v) is 2.60. The predicted octanol–water partition coefficient (Wildman–Crippen LogP) is 2.24. The monoisotopic (exact) mass is 221 g/mol. The predicted molar refractivity (Wildman–Crippen MR) is 60.6 cm³/mol. The maximum absolute atomic E-state index is 6.05. The molecule has 0 saturated heterocycles. The quantitative estimate of drug-likeness (QED) is 0.864. The van der Waals surface area contributed by atoms with Crippen molar-refractivity contribution in [2.24, 2.45) is 5.73 Å². The number of nitrogens with two attached hydrogens (primary N) is 1. The van der Waals surface area contributed by atoms with Crippen LogP contribution in [0.25, 0.3) is 0 Å². The third-order valence-electron chi connectivity index (χ3n) is 2.29. The molecule has 0 fully saturated rings. The molecule has 78 valence electrons. The van der Waals surface area contributed by atoms with Crippen LogP contribution in [-0.2, 0) is 6.54 Å². The minimum absolute atomic E-state index is 0.0575. The van der Waals surface area contributed by atoms with Gasteiger partial charge in [0.05, 0.1) is 0 Å². The van der Waals surface area contributed by atoms with Gasteiger partial charge in [0.25, 0.3) is 0 Å². The molecule has 0 amide bonds. The van der Waals surface area contributed by atoms with Crippen LogP contribution in [-0.4, -0.2) is 9.55 Å². The first-order valence-electron chi connectivity index (χ1n) is 4.74. The molecular weight excluding hydrogens is 210 g/mol. The van der Waals surface area contributed by atoms with Crippen molar-refractivity contribution in [3.8, 4) is 0 Å². The van der Waals surface area contributed by atoms with Gasteiger partial charge in [-0.3, -0.25) is 0 Å². The lowest BCUT2D eigenvalue weighted by Gasteiger charge is -2.12. The van der Waals surface area contributed by atoms with Gasteiger partial charge in [-0.05, 0) is 17.2 Å². The van der Waals surface area contributed by atoms with E-state index in [1.54, 1.807) is 6.20 Å². The first-order valence-corrected chi connectivity index (χ1v) is 5.12. The molecule has 1 aromatic carbocycles. The van der Waals surface area contributed by atoms with Crippen LogP contribution >= 0.6 is 11.6 Å². The average Bonchev–Trinajstić information content (AvgIpc) is 2.66. The maximum atomic E-state index is 6.05. The van der Waals surface area contributed by atoms with E-state index in [1.807, 2.05) is 41.1 Å². The molecule has 0 aliphatic rings. The lowest BCUT2D eigenvalue weighted by molar-refractivity contribution is 0.577. The molecule has 0 spiro atoms. The van der Waals surface area contributed by atoms with E-state index >= 15 is 0 Å². The first kappa shape index (κ1) is 10.2. The smallest absolute Gasteiger partial charge is 0.202 e. The summed E-state index contributed by atoms with van der Waals surface area (Å²) in [6.07, 6.45) is 3.49. The van der Waals surface area contributed by atoms with Crippen LogP contribution in [0.5, 0.6) is 0 Å². The van der Waals surface area contributed by atoms with Crippen LogP contribution < -0.4 is 5.73 Å². The van der Waals surface area contributed by atoms with Crippen molar-refractivity contribution in [3.05, 3.63) is 53.6 Å². The number of benzene rings is 1. The summed E-state index contributed by atoms with van der Waals surface area (Å²) in [5.74, 6) is 0. The van der Waals surface area contributed by atoms with Gasteiger partial charge < -0.3 is 10.3 Å². The number of halogens is 1. The highest BCUT2D eigenvalue weighted by atomic mass is 35.5. The topological polar surface area (TPSA) is 43.8 Å². The number of hydrogen-bond donors (Lipinski definition) is 1. The molecule has 0 aliphatic heterocycles. The Bertz CT molecular complexity index is 424. The van der Waals surface area contributed by atoms with Gasteiger partial charge in [0.1, 0.15) is 0 Å². The number of rotatable bonds is 3. The normalized spacial score (nSPS) is 12.7. The fourth-order valence-electron chi connectivity index (χ4n) is 1.46. The molecule has 3 nitrogen and oxygen atoms in total. The second-order valence-electron chi connectivity index (χ2n) is 3.37. The van der Waals surface area contributed by atoms with Gasteiger partial charge in [0, 0.05) is 25.0 Å². The Morgan fingerprint density at radius 2 is 2.07 bits per heavy atom. The summed E-state index contributed by atoms with van der Waals surface area (Å²) >= 11 is 5.87. The zero-order chi connectivity index (χ0) is 10.7. The van der Waals surface area contributed by atoms with Crippen LogP contribution in [0, 0.1) is 0 Å². The Kier molecular flexibility index (Phi) is 3.04. The van der Waals surface area contributed by atoms with Crippen molar-refractivity contribution in [2.45, 2.75) is 12.6 Å². The van der Waals surface area contributed by atoms with Gasteiger partial charge in [-0.25, -0.2) is 4.98 Å². The molecule has 1 atom stereocenters. The molecule has 0 bridgehead atoms. The Hall–Kier alpha value is -1.32. The van der Waals surface area contributed by atoms with E-state index in [9.17, 15) is 0 Å². The van der Waals surface area contributed by atoms with E-state index in [4.69, 9.17) is 17.3 Å². The molecule has 2 N–H and O–H groups in total. The molecule has 2 rings (SSSR count). The first-order chi connectivity index (χ1) is 7.27. The van der Waals surface area contributed by atoms with Crippen LogP contribution in [0.2, 0.25) is 5.28 Å². The van der Waals surface area contributed by atoms with E-state index in [0.29, 0.717) is 11.8 Å². The van der Waals surface area contributed by atoms with E-state index in [1.165, 1.54) is 0 Å². The molecule has 15 heavy (non-hydrogen) atoms. The largest absolute Gasteiger partial charge is 0.322 e. The van der Waals surface area contributed by atoms with Gasteiger partial charge in [-0.2, -0.15) is 0 Å². The second-order valence-corrected chi connectivity index (χ2v) is 3.70. The van der Waals surface area contributed by atoms with E-state index in [0.717, 1.165) is 5.56 Å². The van der Waals surface area contributed by atoms with Gasteiger partial charge in [-0.1, -0.05) is 30.3 Å². The summed E-state index contributed by atoms with van der Waals surface area (Å²) in [5, 5.41) is 0.474. The fourth-order valence-corrected chi connectivity index (χ4v) is 1.65. The van der Waals surface area contributed by atoms with Gasteiger partial charge in [0.15, 0.2) is 0 Å². The van der Waals surface area contributed by atoms with Crippen molar-refractivity contribution in [2.75, 3.05) is 0 Å². The number of imidazole rings is 1. The minimum atomic E-state index is -0.0575. The lowest BCUT2D eigenvalue weighted by atomic mass is 10.1. The zero-order valence-corrected chi connectivity index (χ0v) is 8.93. The van der Waals surface area contributed by atoms with E-state index in [2.05, 4.69) is 4.98 Å². The molecule has 1 unspecified atom stereocenters. The van der Waals surface area contributed by atoms with Crippen molar-refractivity contribution in [1.29, 1.82) is 0 Å². The van der Waals surface area contributed by atoms with E-state index in [-0.39, 0.29) is 6.04 Å². The molecule has 0 aliphatic carbocycles. The van der Waals surface area contributed by atoms with Crippen molar-refractivity contribution < 1.29 is 0 Å². The van der Waals surface area contributed by atoms with Gasteiger partial charge in [-0.15, -0.1) is 0 Å². The Labute approximate surface area is 93.5 Å². The Balaban J connectivity index is 2.11. The molecule has 0 radical (unpaired) electrons. The molecular formula is C11H12ClN3. The van der Waals surface area contributed by atoms with Crippen molar-refractivity contribution in [1.82, 2.24) is 9.55 Å². The van der Waals surface area contributed by atoms with Crippen molar-refractivity contribution in [3.63, 3.8) is 0 Å². The van der Waals surface area contributed by atoms with E-state index < -0.39 is 0 Å². The number of aromatic nitrogens is 2. The Morgan fingerprint density at radius 3 is 2.67 bits per heavy atom. The maximum Gasteiger partial charge on any atom is 0.202 e. The van der Waals surface area contributed by atoms with Gasteiger partial charge in [0.2, 0.25) is 5.28 Å². The standard InChI is InChI=1S/C11H12ClN3/c12-11-14-6-7-15(11)8-10(13)9-4-2-1-3-5-9/h1-7,10H,8,13H2. The number of nitrogens with zero attached hydrogens (tertiary/aromatic N) is 2. The molecule has 0 saturated carbocycles. The summed E-state index contributed by atoms with van der Waals surface area (Å²) < 4.78 is 1.83. The lowest BCUT2D eigenvalue weighted by Crippen LogP contribution is -2.17. The fraction of sp³-hybridized carbons (Fsp3) is 0.182. The average molecular weight is 222 g/mol. The highest BCUT2D eigenvalue weighted by Gasteiger charge is 2.07. The summed E-state index contributed by atoms with van der Waals surface area (Å²) in [4.78, 5) is 3.94. The minimum Gasteiger partial charge on any atom is -0.322 e. The molecule has 1 heterocycles. The highest BCUT2D eigenvalue weighted by Crippen LogP contribution is 2.14.